The van der Waals surface area contributed by atoms with Gasteiger partial charge in [0.25, 0.3) is 0 Å². The van der Waals surface area contributed by atoms with Crippen LogP contribution in [0.25, 0.3) is 0 Å². The Morgan fingerprint density at radius 2 is 1.90 bits per heavy atom. The van der Waals surface area contributed by atoms with E-state index in [9.17, 15) is 0 Å². The Balaban J connectivity index is 2.05. The van der Waals surface area contributed by atoms with E-state index in [2.05, 4.69) is 37.5 Å². The highest BCUT2D eigenvalue weighted by molar-refractivity contribution is 5.43. The Bertz CT molecular complexity index is 437. The standard InChI is InChI=1S/C13H25N7O/c1-10(9-21-2)8-15-11-16-12(19-14)18-13(17-11)20-6-4-3-5-7-20/h10H,3-9,14H2,1-2H3,(H2,15,16,17,18,19). The van der Waals surface area contributed by atoms with Gasteiger partial charge in [-0.1, -0.05) is 6.92 Å². The van der Waals surface area contributed by atoms with E-state index in [1.807, 2.05) is 0 Å². The van der Waals surface area contributed by atoms with Crippen molar-refractivity contribution >= 4 is 17.8 Å². The number of nitrogens with two attached hydrogens (primary N) is 1. The molecule has 0 saturated carbocycles. The first kappa shape index (κ1) is 15.7. The molecule has 1 fully saturated rings. The van der Waals surface area contributed by atoms with E-state index in [1.54, 1.807) is 7.11 Å². The minimum absolute atomic E-state index is 0.375. The van der Waals surface area contributed by atoms with Gasteiger partial charge in [-0.05, 0) is 25.2 Å². The summed E-state index contributed by atoms with van der Waals surface area (Å²) in [5.41, 5.74) is 2.51. The number of nitrogens with one attached hydrogen (secondary N) is 2. The van der Waals surface area contributed by atoms with Crippen molar-refractivity contribution in [3.05, 3.63) is 0 Å². The van der Waals surface area contributed by atoms with Crippen LogP contribution in [0.2, 0.25) is 0 Å². The van der Waals surface area contributed by atoms with Crippen LogP contribution >= 0.6 is 0 Å². The molecule has 0 amide bonds. The van der Waals surface area contributed by atoms with Crippen LogP contribution in [-0.2, 0) is 4.74 Å². The van der Waals surface area contributed by atoms with E-state index in [-0.39, 0.29) is 0 Å². The number of nitrogen functional groups attached to an aromatic ring is 1. The molecule has 8 nitrogen and oxygen atoms in total. The molecule has 0 bridgehead atoms. The second-order valence-corrected chi connectivity index (χ2v) is 5.42. The molecule has 0 radical (unpaired) electrons. The first-order valence-electron chi connectivity index (χ1n) is 7.43. The maximum atomic E-state index is 5.45. The van der Waals surface area contributed by atoms with Crippen molar-refractivity contribution in [1.29, 1.82) is 0 Å². The predicted octanol–water partition coefficient (Wildman–Crippen LogP) is 0.842. The summed E-state index contributed by atoms with van der Waals surface area (Å²) in [5.74, 6) is 7.43. The van der Waals surface area contributed by atoms with Crippen molar-refractivity contribution in [2.45, 2.75) is 26.2 Å². The number of methoxy groups -OCH3 is 1. The molecule has 0 spiro atoms. The Kier molecular flexibility index (Phi) is 5.94. The molecule has 0 aliphatic carbocycles. The SMILES string of the molecule is COCC(C)CNc1nc(NN)nc(N2CCCCC2)n1. The topological polar surface area (TPSA) is 101 Å². The fourth-order valence-electron chi connectivity index (χ4n) is 2.35. The average Bonchev–Trinajstić information content (AvgIpc) is 2.54. The molecule has 1 saturated heterocycles. The Labute approximate surface area is 125 Å². The van der Waals surface area contributed by atoms with Gasteiger partial charge in [0.1, 0.15) is 0 Å². The van der Waals surface area contributed by atoms with E-state index < -0.39 is 0 Å². The number of nitrogens with zero attached hydrogens (tertiary/aromatic N) is 4. The second kappa shape index (κ2) is 7.94. The molecule has 1 unspecified atom stereocenters. The summed E-state index contributed by atoms with van der Waals surface area (Å²) in [6.07, 6.45) is 3.61. The number of ether oxygens (including phenoxy) is 1. The average molecular weight is 295 g/mol. The zero-order chi connectivity index (χ0) is 15.1. The Morgan fingerprint density at radius 1 is 1.19 bits per heavy atom. The zero-order valence-corrected chi connectivity index (χ0v) is 12.8. The molecule has 4 N–H and O–H groups in total. The first-order chi connectivity index (χ1) is 10.2. The molecule has 1 aliphatic heterocycles. The number of hydrogen-bond acceptors (Lipinski definition) is 8. The van der Waals surface area contributed by atoms with Gasteiger partial charge in [0.2, 0.25) is 17.8 Å². The lowest BCUT2D eigenvalue weighted by atomic mass is 10.1. The third kappa shape index (κ3) is 4.68. The van der Waals surface area contributed by atoms with E-state index in [0.717, 1.165) is 19.6 Å². The largest absolute Gasteiger partial charge is 0.384 e. The highest BCUT2D eigenvalue weighted by Gasteiger charge is 2.16. The number of piperidine rings is 1. The number of hydrogen-bond donors (Lipinski definition) is 3. The molecule has 21 heavy (non-hydrogen) atoms. The quantitative estimate of drug-likeness (QED) is 0.502. The molecule has 8 heteroatoms. The predicted molar refractivity (Wildman–Crippen MR) is 83.2 cm³/mol. The summed E-state index contributed by atoms with van der Waals surface area (Å²) in [4.78, 5) is 15.3. The van der Waals surface area contributed by atoms with Gasteiger partial charge in [-0.15, -0.1) is 0 Å². The zero-order valence-electron chi connectivity index (χ0n) is 12.8. The molecule has 2 heterocycles. The number of anilines is 3. The number of hydrazine groups is 1. The van der Waals surface area contributed by atoms with Gasteiger partial charge in [0.05, 0.1) is 6.61 Å². The smallest absolute Gasteiger partial charge is 0.243 e. The van der Waals surface area contributed by atoms with Crippen molar-refractivity contribution in [2.75, 3.05) is 49.0 Å². The van der Waals surface area contributed by atoms with E-state index in [0.29, 0.717) is 30.4 Å². The lowest BCUT2D eigenvalue weighted by molar-refractivity contribution is 0.164. The van der Waals surface area contributed by atoms with Crippen LogP contribution in [0.15, 0.2) is 0 Å². The summed E-state index contributed by atoms with van der Waals surface area (Å²) in [6, 6.07) is 0. The van der Waals surface area contributed by atoms with Gasteiger partial charge < -0.3 is 15.0 Å². The Hall–Kier alpha value is -1.67. The lowest BCUT2D eigenvalue weighted by Crippen LogP contribution is -2.32. The maximum Gasteiger partial charge on any atom is 0.243 e. The summed E-state index contributed by atoms with van der Waals surface area (Å²) < 4.78 is 5.12. The van der Waals surface area contributed by atoms with Crippen molar-refractivity contribution in [2.24, 2.45) is 11.8 Å². The fraction of sp³-hybridized carbons (Fsp3) is 0.769. The van der Waals surface area contributed by atoms with Crippen LogP contribution in [0.4, 0.5) is 17.8 Å². The molecule has 1 aromatic rings. The maximum absolute atomic E-state index is 5.45. The summed E-state index contributed by atoms with van der Waals surface area (Å²) in [6.45, 7) is 5.49. The minimum atomic E-state index is 0.375. The van der Waals surface area contributed by atoms with Crippen LogP contribution in [0.1, 0.15) is 26.2 Å². The van der Waals surface area contributed by atoms with Gasteiger partial charge in [-0.2, -0.15) is 15.0 Å². The Morgan fingerprint density at radius 3 is 2.57 bits per heavy atom. The van der Waals surface area contributed by atoms with E-state index in [1.165, 1.54) is 19.3 Å². The molecular formula is C13H25N7O. The highest BCUT2D eigenvalue weighted by atomic mass is 16.5. The van der Waals surface area contributed by atoms with Gasteiger partial charge in [0.15, 0.2) is 0 Å². The van der Waals surface area contributed by atoms with E-state index in [4.69, 9.17) is 10.6 Å². The van der Waals surface area contributed by atoms with Crippen molar-refractivity contribution in [1.82, 2.24) is 15.0 Å². The fourth-order valence-corrected chi connectivity index (χ4v) is 2.35. The highest BCUT2D eigenvalue weighted by Crippen LogP contribution is 2.18. The molecule has 1 aromatic heterocycles. The molecule has 1 atom stereocenters. The third-order valence-corrected chi connectivity index (χ3v) is 3.45. The third-order valence-electron chi connectivity index (χ3n) is 3.45. The van der Waals surface area contributed by atoms with Crippen LogP contribution in [0.3, 0.4) is 0 Å². The molecule has 118 valence electrons. The van der Waals surface area contributed by atoms with Crippen LogP contribution in [0, 0.1) is 5.92 Å². The van der Waals surface area contributed by atoms with Gasteiger partial charge in [0, 0.05) is 26.7 Å². The van der Waals surface area contributed by atoms with E-state index >= 15 is 0 Å². The van der Waals surface area contributed by atoms with Gasteiger partial charge >= 0.3 is 0 Å². The summed E-state index contributed by atoms with van der Waals surface area (Å²) in [7, 11) is 1.70. The van der Waals surface area contributed by atoms with Crippen LogP contribution in [-0.4, -0.2) is 48.3 Å². The van der Waals surface area contributed by atoms with Crippen molar-refractivity contribution in [3.8, 4) is 0 Å². The first-order valence-corrected chi connectivity index (χ1v) is 7.43. The van der Waals surface area contributed by atoms with Crippen LogP contribution < -0.4 is 21.5 Å². The monoisotopic (exact) mass is 295 g/mol. The molecule has 1 aliphatic rings. The molecule has 0 aromatic carbocycles. The normalized spacial score (nSPS) is 16.6. The molecule has 2 rings (SSSR count). The lowest BCUT2D eigenvalue weighted by Gasteiger charge is -2.27. The number of aromatic nitrogens is 3. The minimum Gasteiger partial charge on any atom is -0.384 e. The second-order valence-electron chi connectivity index (χ2n) is 5.42. The summed E-state index contributed by atoms with van der Waals surface area (Å²) in [5, 5.41) is 3.22. The van der Waals surface area contributed by atoms with Crippen LogP contribution in [0.5, 0.6) is 0 Å². The van der Waals surface area contributed by atoms with Gasteiger partial charge in [-0.3, -0.25) is 5.43 Å². The van der Waals surface area contributed by atoms with Crippen molar-refractivity contribution < 1.29 is 4.74 Å². The van der Waals surface area contributed by atoms with Crippen molar-refractivity contribution in [3.63, 3.8) is 0 Å². The molecular weight excluding hydrogens is 270 g/mol. The number of rotatable bonds is 7. The summed E-state index contributed by atoms with van der Waals surface area (Å²) >= 11 is 0. The van der Waals surface area contributed by atoms with Gasteiger partial charge in [-0.25, -0.2) is 5.84 Å².